The van der Waals surface area contributed by atoms with E-state index in [4.69, 9.17) is 0 Å². The van der Waals surface area contributed by atoms with Gasteiger partial charge < -0.3 is 9.88 Å². The molecule has 3 rings (SSSR count). The van der Waals surface area contributed by atoms with Crippen molar-refractivity contribution in [1.29, 1.82) is 0 Å². The van der Waals surface area contributed by atoms with Crippen LogP contribution in [0.5, 0.6) is 0 Å². The highest BCUT2D eigenvalue weighted by Gasteiger charge is 2.16. The molecule has 3 aromatic heterocycles. The molecule has 0 saturated heterocycles. The topological polar surface area (TPSA) is 62.7 Å². The quantitative estimate of drug-likeness (QED) is 0.774. The standard InChI is InChI=1S/C14H14N4OS/c1-2-10-9-15-17-13(10)16-14(19)12-11(5-8-20-12)18-6-3-4-7-18/h3-9H,2H2,1H3,(H2,15,16,17,19). The summed E-state index contributed by atoms with van der Waals surface area (Å²) in [4.78, 5) is 13.1. The van der Waals surface area contributed by atoms with Gasteiger partial charge in [-0.1, -0.05) is 6.92 Å². The minimum absolute atomic E-state index is 0.123. The van der Waals surface area contributed by atoms with Gasteiger partial charge in [-0.3, -0.25) is 9.89 Å². The number of nitrogens with one attached hydrogen (secondary N) is 2. The van der Waals surface area contributed by atoms with Crippen molar-refractivity contribution in [3.8, 4) is 5.69 Å². The zero-order chi connectivity index (χ0) is 13.9. The summed E-state index contributed by atoms with van der Waals surface area (Å²) < 4.78 is 1.93. The Hall–Kier alpha value is -2.34. The van der Waals surface area contributed by atoms with Crippen LogP contribution in [0.1, 0.15) is 22.2 Å². The zero-order valence-corrected chi connectivity index (χ0v) is 11.8. The molecule has 0 aliphatic carbocycles. The SMILES string of the molecule is CCc1cn[nH]c1NC(=O)c1sccc1-n1cccc1. The van der Waals surface area contributed by atoms with Crippen molar-refractivity contribution in [2.24, 2.45) is 0 Å². The lowest BCUT2D eigenvalue weighted by Gasteiger charge is -2.06. The van der Waals surface area contributed by atoms with Gasteiger partial charge >= 0.3 is 0 Å². The number of H-pyrrole nitrogens is 1. The first kappa shape index (κ1) is 12.7. The van der Waals surface area contributed by atoms with Gasteiger partial charge in [-0.25, -0.2) is 0 Å². The van der Waals surface area contributed by atoms with Gasteiger partial charge in [0.25, 0.3) is 5.91 Å². The molecule has 0 atom stereocenters. The van der Waals surface area contributed by atoms with Gasteiger partial charge in [-0.2, -0.15) is 5.10 Å². The van der Waals surface area contributed by atoms with E-state index < -0.39 is 0 Å². The zero-order valence-electron chi connectivity index (χ0n) is 11.0. The lowest BCUT2D eigenvalue weighted by molar-refractivity contribution is 0.103. The molecule has 3 heterocycles. The van der Waals surface area contributed by atoms with Crippen molar-refractivity contribution in [2.75, 3.05) is 5.32 Å². The van der Waals surface area contributed by atoms with E-state index in [0.29, 0.717) is 10.7 Å². The number of anilines is 1. The second-order valence-electron chi connectivity index (χ2n) is 4.30. The molecule has 0 unspecified atom stereocenters. The molecule has 0 radical (unpaired) electrons. The van der Waals surface area contributed by atoms with Crippen molar-refractivity contribution >= 4 is 23.1 Å². The molecule has 1 amide bonds. The van der Waals surface area contributed by atoms with Gasteiger partial charge in [0, 0.05) is 18.0 Å². The van der Waals surface area contributed by atoms with Gasteiger partial charge in [-0.05, 0) is 30.0 Å². The van der Waals surface area contributed by atoms with Crippen molar-refractivity contribution in [2.45, 2.75) is 13.3 Å². The molecule has 0 aromatic carbocycles. The molecule has 0 fully saturated rings. The lowest BCUT2D eigenvalue weighted by atomic mass is 10.2. The summed E-state index contributed by atoms with van der Waals surface area (Å²) >= 11 is 1.42. The highest BCUT2D eigenvalue weighted by atomic mass is 32.1. The second-order valence-corrected chi connectivity index (χ2v) is 5.22. The summed E-state index contributed by atoms with van der Waals surface area (Å²) in [6.07, 6.45) is 6.40. The third-order valence-electron chi connectivity index (χ3n) is 3.07. The number of hydrogen-bond acceptors (Lipinski definition) is 3. The van der Waals surface area contributed by atoms with Crippen LogP contribution in [-0.2, 0) is 6.42 Å². The van der Waals surface area contributed by atoms with Gasteiger partial charge in [0.1, 0.15) is 10.7 Å². The van der Waals surface area contributed by atoms with Crippen molar-refractivity contribution in [3.63, 3.8) is 0 Å². The van der Waals surface area contributed by atoms with Gasteiger partial charge in [-0.15, -0.1) is 11.3 Å². The van der Waals surface area contributed by atoms with Crippen LogP contribution < -0.4 is 5.32 Å². The monoisotopic (exact) mass is 286 g/mol. The highest BCUT2D eigenvalue weighted by molar-refractivity contribution is 7.12. The number of rotatable bonds is 4. The summed E-state index contributed by atoms with van der Waals surface area (Å²) in [6, 6.07) is 5.81. The molecule has 2 N–H and O–H groups in total. The van der Waals surface area contributed by atoms with E-state index in [2.05, 4.69) is 15.5 Å². The van der Waals surface area contributed by atoms with Crippen molar-refractivity contribution in [1.82, 2.24) is 14.8 Å². The molecule has 102 valence electrons. The predicted molar refractivity (Wildman–Crippen MR) is 79.6 cm³/mol. The Balaban J connectivity index is 1.87. The van der Waals surface area contributed by atoms with E-state index in [1.165, 1.54) is 11.3 Å². The first-order valence-corrected chi connectivity index (χ1v) is 7.22. The van der Waals surface area contributed by atoms with Crippen LogP contribution in [0.15, 0.2) is 42.2 Å². The molecule has 20 heavy (non-hydrogen) atoms. The molecule has 6 heteroatoms. The van der Waals surface area contributed by atoms with E-state index in [0.717, 1.165) is 17.7 Å². The number of amides is 1. The largest absolute Gasteiger partial charge is 0.322 e. The molecule has 0 saturated carbocycles. The fraction of sp³-hybridized carbons (Fsp3) is 0.143. The van der Waals surface area contributed by atoms with Crippen LogP contribution in [0.2, 0.25) is 0 Å². The van der Waals surface area contributed by atoms with E-state index in [9.17, 15) is 4.79 Å². The fourth-order valence-electron chi connectivity index (χ4n) is 2.03. The van der Waals surface area contributed by atoms with Crippen LogP contribution >= 0.6 is 11.3 Å². The third-order valence-corrected chi connectivity index (χ3v) is 3.97. The maximum atomic E-state index is 12.4. The number of aromatic amines is 1. The summed E-state index contributed by atoms with van der Waals surface area (Å²) in [6.45, 7) is 2.02. The van der Waals surface area contributed by atoms with Crippen LogP contribution in [0, 0.1) is 0 Å². The molecular weight excluding hydrogens is 272 g/mol. The maximum absolute atomic E-state index is 12.4. The normalized spacial score (nSPS) is 10.7. The van der Waals surface area contributed by atoms with E-state index >= 15 is 0 Å². The maximum Gasteiger partial charge on any atom is 0.269 e. The molecule has 0 aliphatic rings. The minimum atomic E-state index is -0.123. The Bertz CT molecular complexity index is 711. The number of nitrogens with zero attached hydrogens (tertiary/aromatic N) is 2. The van der Waals surface area contributed by atoms with Crippen LogP contribution in [-0.4, -0.2) is 20.7 Å². The summed E-state index contributed by atoms with van der Waals surface area (Å²) in [7, 11) is 0. The first-order chi connectivity index (χ1) is 9.79. The van der Waals surface area contributed by atoms with Crippen molar-refractivity contribution in [3.05, 3.63) is 52.6 Å². The Kier molecular flexibility index (Phi) is 3.39. The number of carbonyl (C=O) groups excluding carboxylic acids is 1. The molecule has 0 aliphatic heterocycles. The number of hydrogen-bond donors (Lipinski definition) is 2. The average Bonchev–Trinajstić information content (AvgIpc) is 3.19. The lowest BCUT2D eigenvalue weighted by Crippen LogP contribution is -2.13. The number of carbonyl (C=O) groups is 1. The predicted octanol–water partition coefficient (Wildman–Crippen LogP) is 3.08. The average molecular weight is 286 g/mol. The molecule has 3 aromatic rings. The first-order valence-electron chi connectivity index (χ1n) is 6.34. The number of thiophene rings is 1. The van der Waals surface area contributed by atoms with E-state index in [1.807, 2.05) is 47.5 Å². The molecule has 0 bridgehead atoms. The third kappa shape index (κ3) is 2.25. The smallest absolute Gasteiger partial charge is 0.269 e. The highest BCUT2D eigenvalue weighted by Crippen LogP contribution is 2.23. The Labute approximate surface area is 120 Å². The second kappa shape index (κ2) is 5.34. The fourth-order valence-corrected chi connectivity index (χ4v) is 2.81. The Morgan fingerprint density at radius 1 is 1.45 bits per heavy atom. The van der Waals surface area contributed by atoms with Gasteiger partial charge in [0.15, 0.2) is 0 Å². The molecule has 0 spiro atoms. The number of aromatic nitrogens is 3. The molecule has 5 nitrogen and oxygen atoms in total. The van der Waals surface area contributed by atoms with Crippen LogP contribution in [0.4, 0.5) is 5.82 Å². The summed E-state index contributed by atoms with van der Waals surface area (Å²) in [5.74, 6) is 0.548. The molecular formula is C14H14N4OS. The van der Waals surface area contributed by atoms with E-state index in [-0.39, 0.29) is 5.91 Å². The Morgan fingerprint density at radius 3 is 3.00 bits per heavy atom. The van der Waals surface area contributed by atoms with Gasteiger partial charge in [0.2, 0.25) is 0 Å². The van der Waals surface area contributed by atoms with Crippen molar-refractivity contribution < 1.29 is 4.79 Å². The summed E-state index contributed by atoms with van der Waals surface area (Å²) in [5, 5.41) is 11.6. The van der Waals surface area contributed by atoms with Gasteiger partial charge in [0.05, 0.1) is 11.9 Å². The summed E-state index contributed by atoms with van der Waals surface area (Å²) in [5.41, 5.74) is 1.88. The van der Waals surface area contributed by atoms with Crippen LogP contribution in [0.25, 0.3) is 5.69 Å². The minimum Gasteiger partial charge on any atom is -0.322 e. The number of aryl methyl sites for hydroxylation is 1. The van der Waals surface area contributed by atoms with Crippen LogP contribution in [0.3, 0.4) is 0 Å². The Morgan fingerprint density at radius 2 is 2.25 bits per heavy atom. The van der Waals surface area contributed by atoms with E-state index in [1.54, 1.807) is 6.20 Å².